The molecular formula is C14H11N3O6. The van der Waals surface area contributed by atoms with Gasteiger partial charge in [-0.05, 0) is 12.1 Å². The Morgan fingerprint density at radius 3 is 2.13 bits per heavy atom. The number of non-ortho nitro benzene ring substituents is 2. The molecule has 0 radical (unpaired) electrons. The van der Waals surface area contributed by atoms with Gasteiger partial charge in [0.25, 0.3) is 11.4 Å². The molecule has 9 heteroatoms. The third-order valence-electron chi connectivity index (χ3n) is 2.93. The summed E-state index contributed by atoms with van der Waals surface area (Å²) in [5, 5.41) is 21.6. The van der Waals surface area contributed by atoms with E-state index in [4.69, 9.17) is 10.5 Å². The van der Waals surface area contributed by atoms with Gasteiger partial charge < -0.3 is 10.5 Å². The summed E-state index contributed by atoms with van der Waals surface area (Å²) in [6, 6.07) is 9.29. The van der Waals surface area contributed by atoms with Crippen LogP contribution in [0.2, 0.25) is 0 Å². The Kier molecular flexibility index (Phi) is 4.50. The number of nitrogens with two attached hydrogens (primary N) is 1. The van der Waals surface area contributed by atoms with Crippen LogP contribution < -0.4 is 5.73 Å². The molecule has 0 amide bonds. The molecule has 0 fully saturated rings. The zero-order valence-electron chi connectivity index (χ0n) is 11.7. The predicted molar refractivity (Wildman–Crippen MR) is 79.7 cm³/mol. The van der Waals surface area contributed by atoms with E-state index in [-0.39, 0.29) is 23.4 Å². The highest BCUT2D eigenvalue weighted by Crippen LogP contribution is 2.23. The molecule has 23 heavy (non-hydrogen) atoms. The highest BCUT2D eigenvalue weighted by Gasteiger charge is 2.18. The number of esters is 1. The van der Waals surface area contributed by atoms with Crippen molar-refractivity contribution in [2.24, 2.45) is 0 Å². The lowest BCUT2D eigenvalue weighted by atomic mass is 10.1. The van der Waals surface area contributed by atoms with Gasteiger partial charge in [0.2, 0.25) is 0 Å². The van der Waals surface area contributed by atoms with Crippen molar-refractivity contribution in [1.29, 1.82) is 0 Å². The van der Waals surface area contributed by atoms with Crippen molar-refractivity contribution in [2.45, 2.75) is 6.61 Å². The van der Waals surface area contributed by atoms with Crippen LogP contribution in [0.5, 0.6) is 0 Å². The fourth-order valence-electron chi connectivity index (χ4n) is 1.86. The number of carbonyl (C=O) groups is 1. The number of anilines is 1. The van der Waals surface area contributed by atoms with E-state index in [9.17, 15) is 25.0 Å². The lowest BCUT2D eigenvalue weighted by Gasteiger charge is -2.07. The molecular weight excluding hydrogens is 306 g/mol. The summed E-state index contributed by atoms with van der Waals surface area (Å²) >= 11 is 0. The first-order valence-electron chi connectivity index (χ1n) is 6.33. The number of para-hydroxylation sites is 1. The van der Waals surface area contributed by atoms with Gasteiger partial charge in [0.1, 0.15) is 6.61 Å². The van der Waals surface area contributed by atoms with Crippen molar-refractivity contribution >= 4 is 23.0 Å². The Bertz CT molecular complexity index is 758. The van der Waals surface area contributed by atoms with Crippen molar-refractivity contribution in [3.05, 3.63) is 73.8 Å². The average Bonchev–Trinajstić information content (AvgIpc) is 2.52. The summed E-state index contributed by atoms with van der Waals surface area (Å²) in [6.07, 6.45) is 0. The number of nitrogen functional groups attached to an aromatic ring is 1. The van der Waals surface area contributed by atoms with Crippen LogP contribution in [0.4, 0.5) is 17.1 Å². The Balaban J connectivity index is 2.20. The van der Waals surface area contributed by atoms with Gasteiger partial charge in [-0.1, -0.05) is 12.1 Å². The van der Waals surface area contributed by atoms with Crippen molar-refractivity contribution < 1.29 is 19.4 Å². The summed E-state index contributed by atoms with van der Waals surface area (Å²) in [4.78, 5) is 32.0. The van der Waals surface area contributed by atoms with Crippen LogP contribution in [0, 0.1) is 20.2 Å². The lowest BCUT2D eigenvalue weighted by molar-refractivity contribution is -0.394. The maximum atomic E-state index is 11.9. The van der Waals surface area contributed by atoms with Crippen LogP contribution in [-0.2, 0) is 11.3 Å². The van der Waals surface area contributed by atoms with Gasteiger partial charge in [0, 0.05) is 23.4 Å². The van der Waals surface area contributed by atoms with E-state index in [1.165, 1.54) is 12.1 Å². The molecule has 0 saturated carbocycles. The topological polar surface area (TPSA) is 139 Å². The van der Waals surface area contributed by atoms with Gasteiger partial charge >= 0.3 is 5.97 Å². The number of benzene rings is 2. The van der Waals surface area contributed by atoms with Crippen LogP contribution in [0.25, 0.3) is 0 Å². The monoisotopic (exact) mass is 317 g/mol. The van der Waals surface area contributed by atoms with E-state index < -0.39 is 27.2 Å². The molecule has 0 spiro atoms. The number of nitro benzene ring substituents is 2. The maximum absolute atomic E-state index is 11.9. The van der Waals surface area contributed by atoms with E-state index in [1.54, 1.807) is 12.1 Å². The average molecular weight is 317 g/mol. The molecule has 2 rings (SSSR count). The maximum Gasteiger partial charge on any atom is 0.340 e. The molecule has 118 valence electrons. The first-order chi connectivity index (χ1) is 10.9. The molecule has 2 N–H and O–H groups in total. The number of rotatable bonds is 5. The molecule has 2 aromatic carbocycles. The van der Waals surface area contributed by atoms with E-state index in [0.717, 1.165) is 18.2 Å². The SMILES string of the molecule is Nc1ccccc1C(=O)OCc1cc([N+](=O)[O-])cc([N+](=O)[O-])c1. The molecule has 0 aliphatic rings. The van der Waals surface area contributed by atoms with E-state index in [2.05, 4.69) is 0 Å². The second kappa shape index (κ2) is 6.52. The van der Waals surface area contributed by atoms with Gasteiger partial charge in [0.05, 0.1) is 21.5 Å². The summed E-state index contributed by atoms with van der Waals surface area (Å²) in [5.74, 6) is -0.725. The first-order valence-corrected chi connectivity index (χ1v) is 6.33. The number of nitro groups is 2. The number of hydrogen-bond donors (Lipinski definition) is 1. The van der Waals surface area contributed by atoms with Crippen molar-refractivity contribution in [3.63, 3.8) is 0 Å². The number of hydrogen-bond acceptors (Lipinski definition) is 7. The summed E-state index contributed by atoms with van der Waals surface area (Å²) < 4.78 is 5.00. The van der Waals surface area contributed by atoms with Crippen LogP contribution >= 0.6 is 0 Å². The quantitative estimate of drug-likeness (QED) is 0.386. The van der Waals surface area contributed by atoms with Crippen LogP contribution in [0.1, 0.15) is 15.9 Å². The second-order valence-corrected chi connectivity index (χ2v) is 4.54. The van der Waals surface area contributed by atoms with Crippen LogP contribution in [-0.4, -0.2) is 15.8 Å². The van der Waals surface area contributed by atoms with E-state index >= 15 is 0 Å². The van der Waals surface area contributed by atoms with Gasteiger partial charge in [-0.25, -0.2) is 4.79 Å². The zero-order valence-corrected chi connectivity index (χ0v) is 11.7. The molecule has 0 atom stereocenters. The lowest BCUT2D eigenvalue weighted by Crippen LogP contribution is -2.08. The van der Waals surface area contributed by atoms with Crippen molar-refractivity contribution in [1.82, 2.24) is 0 Å². The summed E-state index contributed by atoms with van der Waals surface area (Å²) in [6.45, 7) is -0.352. The molecule has 0 heterocycles. The minimum absolute atomic E-state index is 0.133. The van der Waals surface area contributed by atoms with Gasteiger partial charge in [-0.3, -0.25) is 20.2 Å². The normalized spacial score (nSPS) is 10.1. The molecule has 0 aromatic heterocycles. The van der Waals surface area contributed by atoms with Gasteiger partial charge in [-0.2, -0.15) is 0 Å². The summed E-state index contributed by atoms with van der Waals surface area (Å²) in [5.41, 5.74) is 5.23. The Labute approximate surface area is 129 Å². The fraction of sp³-hybridized carbons (Fsp3) is 0.0714. The van der Waals surface area contributed by atoms with E-state index in [1.807, 2.05) is 0 Å². The standard InChI is InChI=1S/C14H11N3O6/c15-13-4-2-1-3-12(13)14(18)23-8-9-5-10(16(19)20)7-11(6-9)17(21)22/h1-7H,8,15H2. The van der Waals surface area contributed by atoms with Crippen molar-refractivity contribution in [3.8, 4) is 0 Å². The smallest absolute Gasteiger partial charge is 0.340 e. The summed E-state index contributed by atoms with van der Waals surface area (Å²) in [7, 11) is 0. The highest BCUT2D eigenvalue weighted by atomic mass is 16.6. The van der Waals surface area contributed by atoms with Crippen LogP contribution in [0.15, 0.2) is 42.5 Å². The number of nitrogens with zero attached hydrogens (tertiary/aromatic N) is 2. The number of carbonyl (C=O) groups excluding carboxylic acids is 1. The van der Waals surface area contributed by atoms with E-state index in [0.29, 0.717) is 0 Å². The molecule has 0 unspecified atom stereocenters. The molecule has 0 aliphatic carbocycles. The highest BCUT2D eigenvalue weighted by molar-refractivity contribution is 5.94. The molecule has 9 nitrogen and oxygen atoms in total. The Morgan fingerprint density at radius 1 is 1.04 bits per heavy atom. The largest absolute Gasteiger partial charge is 0.457 e. The molecule has 0 saturated heterocycles. The van der Waals surface area contributed by atoms with Crippen LogP contribution in [0.3, 0.4) is 0 Å². The zero-order chi connectivity index (χ0) is 17.0. The molecule has 0 aliphatic heterocycles. The van der Waals surface area contributed by atoms with Gasteiger partial charge in [-0.15, -0.1) is 0 Å². The Hall–Kier alpha value is -3.49. The van der Waals surface area contributed by atoms with Crippen molar-refractivity contribution in [2.75, 3.05) is 5.73 Å². The van der Waals surface area contributed by atoms with Gasteiger partial charge in [0.15, 0.2) is 0 Å². The third-order valence-corrected chi connectivity index (χ3v) is 2.93. The molecule has 0 bridgehead atoms. The minimum atomic E-state index is -0.756. The number of ether oxygens (including phenoxy) is 1. The fourth-order valence-corrected chi connectivity index (χ4v) is 1.86. The Morgan fingerprint density at radius 2 is 1.61 bits per heavy atom. The first kappa shape index (κ1) is 15.9. The predicted octanol–water partition coefficient (Wildman–Crippen LogP) is 2.44. The minimum Gasteiger partial charge on any atom is -0.457 e. The third kappa shape index (κ3) is 3.79. The molecule has 2 aromatic rings. The second-order valence-electron chi connectivity index (χ2n) is 4.54.